The monoisotopic (exact) mass is 261 g/mol. The molecule has 0 fully saturated rings. The van der Waals surface area contributed by atoms with Crippen molar-refractivity contribution >= 4 is 11.8 Å². The Morgan fingerprint density at radius 2 is 2.12 bits per heavy atom. The van der Waals surface area contributed by atoms with Gasteiger partial charge in [-0.3, -0.25) is 0 Å². The average Bonchev–Trinajstić information content (AvgIpc) is 2.23. The van der Waals surface area contributed by atoms with Gasteiger partial charge in [-0.15, -0.1) is 0 Å². The highest BCUT2D eigenvalue weighted by atomic mass is 32.2. The molecule has 5 heteroatoms. The van der Waals surface area contributed by atoms with Crippen LogP contribution in [0.1, 0.15) is 12.5 Å². The van der Waals surface area contributed by atoms with Crippen molar-refractivity contribution in [2.45, 2.75) is 19.1 Å². The molecule has 17 heavy (non-hydrogen) atoms. The highest BCUT2D eigenvalue weighted by Gasteiger charge is 2.18. The SMILES string of the molecule is CSCC(C)(O)CNCc1cc(F)ccc1F. The summed E-state index contributed by atoms with van der Waals surface area (Å²) in [5.41, 5.74) is -0.576. The molecular formula is C12H17F2NOS. The molecule has 0 saturated carbocycles. The first-order valence-electron chi connectivity index (χ1n) is 5.30. The molecule has 1 atom stereocenters. The molecule has 0 saturated heterocycles. The van der Waals surface area contributed by atoms with Gasteiger partial charge in [0.15, 0.2) is 0 Å². The lowest BCUT2D eigenvalue weighted by atomic mass is 10.1. The second kappa shape index (κ2) is 6.33. The van der Waals surface area contributed by atoms with E-state index in [9.17, 15) is 13.9 Å². The fraction of sp³-hybridized carbons (Fsp3) is 0.500. The number of hydrogen-bond donors (Lipinski definition) is 2. The van der Waals surface area contributed by atoms with Gasteiger partial charge < -0.3 is 10.4 Å². The molecule has 0 aliphatic heterocycles. The maximum Gasteiger partial charge on any atom is 0.127 e. The maximum absolute atomic E-state index is 13.3. The Hall–Kier alpha value is -0.650. The second-order valence-corrected chi connectivity index (χ2v) is 5.14. The van der Waals surface area contributed by atoms with Crippen molar-refractivity contribution in [3.63, 3.8) is 0 Å². The van der Waals surface area contributed by atoms with Crippen LogP contribution >= 0.6 is 11.8 Å². The molecule has 1 aromatic rings. The van der Waals surface area contributed by atoms with E-state index < -0.39 is 17.2 Å². The minimum atomic E-state index is -0.844. The van der Waals surface area contributed by atoms with E-state index in [1.807, 2.05) is 6.26 Å². The largest absolute Gasteiger partial charge is 0.388 e. The van der Waals surface area contributed by atoms with E-state index in [1.165, 1.54) is 11.8 Å². The molecule has 0 aromatic heterocycles. The van der Waals surface area contributed by atoms with Crippen LogP contribution in [0.15, 0.2) is 18.2 Å². The molecule has 1 aromatic carbocycles. The highest BCUT2D eigenvalue weighted by Crippen LogP contribution is 2.11. The van der Waals surface area contributed by atoms with E-state index in [-0.39, 0.29) is 12.1 Å². The van der Waals surface area contributed by atoms with Crippen LogP contribution in [0, 0.1) is 11.6 Å². The van der Waals surface area contributed by atoms with Crippen LogP contribution in [0.5, 0.6) is 0 Å². The lowest BCUT2D eigenvalue weighted by Crippen LogP contribution is -2.39. The van der Waals surface area contributed by atoms with Gasteiger partial charge in [-0.25, -0.2) is 8.78 Å². The molecule has 2 nitrogen and oxygen atoms in total. The van der Waals surface area contributed by atoms with E-state index in [4.69, 9.17) is 0 Å². The zero-order chi connectivity index (χ0) is 12.9. The van der Waals surface area contributed by atoms with Crippen LogP contribution < -0.4 is 5.32 Å². The van der Waals surface area contributed by atoms with Crippen LogP contribution in [-0.4, -0.2) is 29.3 Å². The smallest absolute Gasteiger partial charge is 0.127 e. The van der Waals surface area contributed by atoms with E-state index in [0.29, 0.717) is 12.3 Å². The molecule has 0 spiro atoms. The van der Waals surface area contributed by atoms with Gasteiger partial charge in [0.05, 0.1) is 5.60 Å². The van der Waals surface area contributed by atoms with Gasteiger partial charge in [-0.05, 0) is 31.4 Å². The number of rotatable bonds is 6. The quantitative estimate of drug-likeness (QED) is 0.823. The average molecular weight is 261 g/mol. The second-order valence-electron chi connectivity index (χ2n) is 4.27. The topological polar surface area (TPSA) is 32.3 Å². The van der Waals surface area contributed by atoms with Crippen LogP contribution in [0.4, 0.5) is 8.78 Å². The minimum Gasteiger partial charge on any atom is -0.388 e. The molecule has 0 aliphatic rings. The van der Waals surface area contributed by atoms with Crippen LogP contribution in [-0.2, 0) is 6.54 Å². The van der Waals surface area contributed by atoms with Crippen molar-refractivity contribution < 1.29 is 13.9 Å². The molecular weight excluding hydrogens is 244 g/mol. The number of thioether (sulfide) groups is 1. The summed E-state index contributed by atoms with van der Waals surface area (Å²) in [5, 5.41) is 12.8. The number of nitrogens with one attached hydrogen (secondary N) is 1. The molecule has 1 rings (SSSR count). The zero-order valence-electron chi connectivity index (χ0n) is 9.96. The Labute approximate surface area is 104 Å². The van der Waals surface area contributed by atoms with E-state index in [0.717, 1.165) is 18.2 Å². The fourth-order valence-electron chi connectivity index (χ4n) is 1.51. The number of benzene rings is 1. The Balaban J connectivity index is 2.48. The number of aliphatic hydroxyl groups is 1. The Kier molecular flexibility index (Phi) is 5.36. The molecule has 0 amide bonds. The van der Waals surface area contributed by atoms with Gasteiger partial charge in [-0.2, -0.15) is 11.8 Å². The van der Waals surface area contributed by atoms with Crippen molar-refractivity contribution in [1.82, 2.24) is 5.32 Å². The van der Waals surface area contributed by atoms with Crippen molar-refractivity contribution in [1.29, 1.82) is 0 Å². The zero-order valence-corrected chi connectivity index (χ0v) is 10.8. The molecule has 96 valence electrons. The Morgan fingerprint density at radius 1 is 1.41 bits per heavy atom. The Bertz CT molecular complexity index is 372. The predicted molar refractivity (Wildman–Crippen MR) is 67.1 cm³/mol. The lowest BCUT2D eigenvalue weighted by Gasteiger charge is -2.22. The lowest BCUT2D eigenvalue weighted by molar-refractivity contribution is 0.0845. The van der Waals surface area contributed by atoms with Gasteiger partial charge in [0.1, 0.15) is 11.6 Å². The third-order valence-corrected chi connectivity index (χ3v) is 3.19. The molecule has 2 N–H and O–H groups in total. The summed E-state index contributed by atoms with van der Waals surface area (Å²) in [6, 6.07) is 3.35. The van der Waals surface area contributed by atoms with Gasteiger partial charge in [-0.1, -0.05) is 0 Å². The summed E-state index contributed by atoms with van der Waals surface area (Å²) in [4.78, 5) is 0. The van der Waals surface area contributed by atoms with E-state index >= 15 is 0 Å². The van der Waals surface area contributed by atoms with Crippen molar-refractivity contribution in [2.24, 2.45) is 0 Å². The van der Waals surface area contributed by atoms with E-state index in [1.54, 1.807) is 6.92 Å². The van der Waals surface area contributed by atoms with Crippen LogP contribution in [0.25, 0.3) is 0 Å². The Morgan fingerprint density at radius 3 is 2.76 bits per heavy atom. The molecule has 0 heterocycles. The summed E-state index contributed by atoms with van der Waals surface area (Å²) < 4.78 is 26.1. The minimum absolute atomic E-state index is 0.203. The van der Waals surface area contributed by atoms with Gasteiger partial charge in [0.2, 0.25) is 0 Å². The third kappa shape index (κ3) is 5.02. The summed E-state index contributed by atoms with van der Waals surface area (Å²) in [5.74, 6) is -0.312. The van der Waals surface area contributed by atoms with Crippen LogP contribution in [0.2, 0.25) is 0 Å². The summed E-state index contributed by atoms with van der Waals surface area (Å²) in [6.07, 6.45) is 1.90. The van der Waals surface area contributed by atoms with Crippen LogP contribution in [0.3, 0.4) is 0 Å². The molecule has 0 aliphatic carbocycles. The highest BCUT2D eigenvalue weighted by molar-refractivity contribution is 7.98. The van der Waals surface area contributed by atoms with Gasteiger partial charge in [0.25, 0.3) is 0 Å². The molecule has 0 bridgehead atoms. The standard InChI is InChI=1S/C12H17F2NOS/c1-12(16,8-17-2)7-15-6-9-5-10(13)3-4-11(9)14/h3-5,15-16H,6-8H2,1-2H3. The first-order valence-corrected chi connectivity index (χ1v) is 6.70. The van der Waals surface area contributed by atoms with Crippen molar-refractivity contribution in [2.75, 3.05) is 18.6 Å². The number of hydrogen-bond acceptors (Lipinski definition) is 3. The first kappa shape index (κ1) is 14.4. The van der Waals surface area contributed by atoms with Crippen molar-refractivity contribution in [3.8, 4) is 0 Å². The fourth-order valence-corrected chi connectivity index (χ4v) is 2.23. The maximum atomic E-state index is 13.3. The van der Waals surface area contributed by atoms with Crippen molar-refractivity contribution in [3.05, 3.63) is 35.4 Å². The number of halogens is 2. The summed E-state index contributed by atoms with van der Waals surface area (Å²) in [6.45, 7) is 2.25. The molecule has 0 radical (unpaired) electrons. The third-order valence-electron chi connectivity index (χ3n) is 2.28. The summed E-state index contributed by atoms with van der Waals surface area (Å²) in [7, 11) is 0. The van der Waals surface area contributed by atoms with E-state index in [2.05, 4.69) is 5.32 Å². The van der Waals surface area contributed by atoms with Gasteiger partial charge >= 0.3 is 0 Å². The summed E-state index contributed by atoms with van der Waals surface area (Å²) >= 11 is 1.54. The molecule has 1 unspecified atom stereocenters. The normalized spacial score (nSPS) is 14.6. The van der Waals surface area contributed by atoms with Gasteiger partial charge in [0, 0.05) is 24.4 Å². The first-order chi connectivity index (χ1) is 7.94. The predicted octanol–water partition coefficient (Wildman–Crippen LogP) is 2.17.